The van der Waals surface area contributed by atoms with Crippen molar-refractivity contribution in [1.82, 2.24) is 4.90 Å². The van der Waals surface area contributed by atoms with Crippen molar-refractivity contribution >= 4 is 20.0 Å². The van der Waals surface area contributed by atoms with E-state index in [2.05, 4.69) is 106 Å². The zero-order valence-electron chi connectivity index (χ0n) is 31.3. The number of hydrogen-bond acceptors (Lipinski definition) is 3. The Kier molecular flexibility index (Phi) is 11.8. The van der Waals surface area contributed by atoms with Crippen molar-refractivity contribution in [3.05, 3.63) is 47.3 Å². The van der Waals surface area contributed by atoms with Crippen LogP contribution >= 0.6 is 0 Å². The third-order valence-electron chi connectivity index (χ3n) is 13.0. The van der Waals surface area contributed by atoms with Gasteiger partial charge in [0.05, 0.1) is 0 Å². The average Bonchev–Trinajstić information content (AvgIpc) is 2.98. The number of carbonyl (C=O) groups excluding carboxylic acids is 2. The summed E-state index contributed by atoms with van der Waals surface area (Å²) in [7, 11) is -2.27. The number of amides is 1. The van der Waals surface area contributed by atoms with Crippen LogP contribution in [0.2, 0.25) is 16.6 Å². The lowest BCUT2D eigenvalue weighted by molar-refractivity contribution is -0.117. The van der Waals surface area contributed by atoms with Gasteiger partial charge in [-0.25, -0.2) is 4.79 Å². The molecule has 1 heterocycles. The van der Waals surface area contributed by atoms with E-state index in [1.165, 1.54) is 37.7 Å². The van der Waals surface area contributed by atoms with Crippen molar-refractivity contribution < 1.29 is 14.3 Å². The molecule has 2 fully saturated rings. The average molecular weight is 650 g/mol. The standard InChI is InChI=1S/C41H67NO3Si/c1-28(2)46(29(3)4,30(5)6)38-27-42(34(26-36(38)43)25-31-21-23-32(24-22-31)40(7,8)9)39(44)45-37-20-16-15-19-35(37)41(10,11)33-17-13-12-14-18-33/h12-14,17-18,27-32,34-35,37H,15-16,19-26H2,1-11H3/t31?,32?,34-,35?,37?/m1/s1. The summed E-state index contributed by atoms with van der Waals surface area (Å²) in [5.74, 6) is 1.84. The second kappa shape index (κ2) is 14.7. The van der Waals surface area contributed by atoms with Gasteiger partial charge < -0.3 is 4.74 Å². The first-order valence-electron chi connectivity index (χ1n) is 18.8. The monoisotopic (exact) mass is 649 g/mol. The summed E-state index contributed by atoms with van der Waals surface area (Å²) >= 11 is 0. The molecule has 0 saturated heterocycles. The topological polar surface area (TPSA) is 46.6 Å². The van der Waals surface area contributed by atoms with Crippen LogP contribution in [0, 0.1) is 23.2 Å². The SMILES string of the molecule is CC(C)[Si](C1=CN(C(=O)OC2CCCCC2C(C)(C)c2ccccc2)[C@H](CC2CCC(C(C)(C)C)CC2)CC1=O)(C(C)C)C(C)C. The Bertz CT molecular complexity index is 1180. The van der Waals surface area contributed by atoms with Crippen molar-refractivity contribution in [3.8, 4) is 0 Å². The fraction of sp³-hybridized carbons (Fsp3) is 0.756. The lowest BCUT2D eigenvalue weighted by Gasteiger charge is -2.48. The number of ketones is 1. The molecule has 1 aromatic rings. The van der Waals surface area contributed by atoms with Crippen molar-refractivity contribution in [2.75, 3.05) is 0 Å². The molecule has 46 heavy (non-hydrogen) atoms. The van der Waals surface area contributed by atoms with Gasteiger partial charge in [-0.2, -0.15) is 0 Å². The van der Waals surface area contributed by atoms with E-state index in [1.807, 2.05) is 11.1 Å². The van der Waals surface area contributed by atoms with E-state index >= 15 is 0 Å². The molecule has 0 bridgehead atoms. The minimum atomic E-state index is -2.27. The number of Topliss-reactive ketones (excluding diaryl/α,β-unsaturated/α-hetero) is 1. The number of ether oxygens (including phenoxy) is 1. The van der Waals surface area contributed by atoms with Gasteiger partial charge in [0.15, 0.2) is 5.78 Å². The molecule has 1 aliphatic heterocycles. The van der Waals surface area contributed by atoms with Crippen LogP contribution in [0.15, 0.2) is 41.7 Å². The van der Waals surface area contributed by atoms with E-state index in [0.29, 0.717) is 40.2 Å². The number of benzene rings is 1. The summed E-state index contributed by atoms with van der Waals surface area (Å²) in [6.07, 6.45) is 12.1. The molecule has 2 saturated carbocycles. The van der Waals surface area contributed by atoms with E-state index in [-0.39, 0.29) is 29.6 Å². The fourth-order valence-electron chi connectivity index (χ4n) is 10.4. The van der Waals surface area contributed by atoms with Crippen molar-refractivity contribution in [2.45, 2.75) is 175 Å². The second-order valence-electron chi connectivity index (χ2n) is 17.8. The molecule has 3 aliphatic rings. The van der Waals surface area contributed by atoms with E-state index < -0.39 is 8.07 Å². The Morgan fingerprint density at radius 3 is 1.96 bits per heavy atom. The van der Waals surface area contributed by atoms with Crippen molar-refractivity contribution in [2.24, 2.45) is 23.2 Å². The third kappa shape index (κ3) is 7.55. The minimum Gasteiger partial charge on any atom is -0.446 e. The predicted octanol–water partition coefficient (Wildman–Crippen LogP) is 11.6. The predicted molar refractivity (Wildman–Crippen MR) is 196 cm³/mol. The quantitative estimate of drug-likeness (QED) is 0.250. The number of allylic oxidation sites excluding steroid dienone is 1. The molecule has 3 atom stereocenters. The molecule has 1 amide bonds. The molecule has 0 aromatic heterocycles. The van der Waals surface area contributed by atoms with E-state index in [4.69, 9.17) is 4.74 Å². The molecular weight excluding hydrogens is 583 g/mol. The number of carbonyl (C=O) groups is 2. The van der Waals surface area contributed by atoms with Gasteiger partial charge in [0.2, 0.25) is 0 Å². The van der Waals surface area contributed by atoms with Gasteiger partial charge in [0, 0.05) is 24.6 Å². The highest BCUT2D eigenvalue weighted by molar-refractivity contribution is 6.93. The van der Waals surface area contributed by atoms with Gasteiger partial charge in [-0.05, 0) is 88.6 Å². The molecule has 0 spiro atoms. The Balaban J connectivity index is 1.67. The first-order valence-corrected chi connectivity index (χ1v) is 21.0. The summed E-state index contributed by atoms with van der Waals surface area (Å²) < 4.78 is 6.66. The van der Waals surface area contributed by atoms with Gasteiger partial charge >= 0.3 is 6.09 Å². The van der Waals surface area contributed by atoms with Gasteiger partial charge in [-0.1, -0.05) is 126 Å². The van der Waals surface area contributed by atoms with Crippen LogP contribution in [0.25, 0.3) is 0 Å². The Morgan fingerprint density at radius 2 is 1.41 bits per heavy atom. The molecule has 4 nitrogen and oxygen atoms in total. The van der Waals surface area contributed by atoms with Crippen LogP contribution < -0.4 is 0 Å². The van der Waals surface area contributed by atoms with Crippen LogP contribution in [0.1, 0.15) is 146 Å². The van der Waals surface area contributed by atoms with Gasteiger partial charge in [-0.3, -0.25) is 9.69 Å². The number of hydrogen-bond donors (Lipinski definition) is 0. The molecule has 258 valence electrons. The number of rotatable bonds is 9. The molecular formula is C41H67NO3Si. The zero-order valence-corrected chi connectivity index (χ0v) is 32.3. The van der Waals surface area contributed by atoms with Gasteiger partial charge in [-0.15, -0.1) is 0 Å². The molecule has 5 heteroatoms. The normalized spacial score (nSPS) is 26.9. The van der Waals surface area contributed by atoms with Crippen molar-refractivity contribution in [3.63, 3.8) is 0 Å². The smallest absolute Gasteiger partial charge is 0.414 e. The Labute approximate surface area is 283 Å². The minimum absolute atomic E-state index is 0.106. The Morgan fingerprint density at radius 1 is 0.848 bits per heavy atom. The summed E-state index contributed by atoms with van der Waals surface area (Å²) in [6, 6.07) is 10.6. The second-order valence-corrected chi connectivity index (χ2v) is 23.7. The van der Waals surface area contributed by atoms with Crippen LogP contribution in [-0.4, -0.2) is 37.0 Å². The van der Waals surface area contributed by atoms with E-state index in [1.54, 1.807) is 0 Å². The van der Waals surface area contributed by atoms with Crippen molar-refractivity contribution in [1.29, 1.82) is 0 Å². The first kappa shape index (κ1) is 36.9. The highest BCUT2D eigenvalue weighted by Crippen LogP contribution is 2.49. The van der Waals surface area contributed by atoms with Crippen LogP contribution in [0.4, 0.5) is 4.79 Å². The Hall–Kier alpha value is -1.88. The molecule has 4 rings (SSSR count). The van der Waals surface area contributed by atoms with Crippen LogP contribution in [-0.2, 0) is 14.9 Å². The molecule has 2 aliphatic carbocycles. The third-order valence-corrected chi connectivity index (χ3v) is 20.1. The van der Waals surface area contributed by atoms with Crippen LogP contribution in [0.5, 0.6) is 0 Å². The summed E-state index contributed by atoms with van der Waals surface area (Å²) in [5, 5.41) is 0.974. The van der Waals surface area contributed by atoms with E-state index in [9.17, 15) is 9.59 Å². The summed E-state index contributed by atoms with van der Waals surface area (Å²) in [5.41, 5.74) is 2.74. The van der Waals surface area contributed by atoms with Gasteiger partial charge in [0.25, 0.3) is 0 Å². The molecule has 0 radical (unpaired) electrons. The lowest BCUT2D eigenvalue weighted by Crippen LogP contribution is -2.54. The first-order chi connectivity index (χ1) is 21.5. The maximum Gasteiger partial charge on any atom is 0.414 e. The molecule has 0 N–H and O–H groups in total. The van der Waals surface area contributed by atoms with Gasteiger partial charge in [0.1, 0.15) is 14.2 Å². The lowest BCUT2D eigenvalue weighted by atomic mass is 9.66. The van der Waals surface area contributed by atoms with E-state index in [0.717, 1.165) is 36.8 Å². The molecule has 1 aromatic carbocycles. The zero-order chi connectivity index (χ0) is 34.0. The highest BCUT2D eigenvalue weighted by atomic mass is 28.3. The maximum atomic E-state index is 14.6. The fourth-order valence-corrected chi connectivity index (χ4v) is 17.2. The number of nitrogens with zero attached hydrogens (tertiary/aromatic N) is 1. The highest BCUT2D eigenvalue weighted by Gasteiger charge is 2.51. The maximum absolute atomic E-state index is 14.6. The van der Waals surface area contributed by atoms with Crippen LogP contribution in [0.3, 0.4) is 0 Å². The summed E-state index contributed by atoms with van der Waals surface area (Å²) in [6.45, 7) is 25.6. The molecule has 2 unspecified atom stereocenters. The summed E-state index contributed by atoms with van der Waals surface area (Å²) in [4.78, 5) is 30.8. The largest absolute Gasteiger partial charge is 0.446 e.